The van der Waals surface area contributed by atoms with E-state index in [1.54, 1.807) is 32.1 Å². The van der Waals surface area contributed by atoms with Crippen molar-refractivity contribution < 1.29 is 0 Å². The maximum atomic E-state index is 3.78. The smallest absolute Gasteiger partial charge is 0.0101 e. The molecule has 15 heavy (non-hydrogen) atoms. The van der Waals surface area contributed by atoms with Gasteiger partial charge in [-0.3, -0.25) is 0 Å². The zero-order chi connectivity index (χ0) is 9.83. The van der Waals surface area contributed by atoms with E-state index in [-0.39, 0.29) is 0 Å². The van der Waals surface area contributed by atoms with Crippen molar-refractivity contribution in [2.45, 2.75) is 51.0 Å². The van der Waals surface area contributed by atoms with Crippen LogP contribution in [-0.4, -0.2) is 12.6 Å². The van der Waals surface area contributed by atoms with Crippen LogP contribution in [0.25, 0.3) is 0 Å². The van der Waals surface area contributed by atoms with Crippen molar-refractivity contribution >= 4 is 0 Å². The summed E-state index contributed by atoms with van der Waals surface area (Å²) in [6.45, 7) is 1.30. The van der Waals surface area contributed by atoms with E-state index in [1.807, 2.05) is 0 Å². The van der Waals surface area contributed by atoms with E-state index in [0.29, 0.717) is 0 Å². The van der Waals surface area contributed by atoms with Crippen LogP contribution in [-0.2, 0) is 0 Å². The minimum absolute atomic E-state index is 0.917. The summed E-state index contributed by atoms with van der Waals surface area (Å²) in [5.41, 5.74) is 0. The standard InChI is InChI=1S/C14H23N/c1-2-13(15-3-1)14-11-5-9-4-10(7-11)8-12(14)6-9/h9-15H,1-8H2. The first-order valence-corrected chi connectivity index (χ1v) is 7.13. The van der Waals surface area contributed by atoms with E-state index >= 15 is 0 Å². The summed E-state index contributed by atoms with van der Waals surface area (Å²) in [4.78, 5) is 0. The predicted octanol–water partition coefficient (Wildman–Crippen LogP) is 2.81. The first-order chi connectivity index (χ1) is 7.40. The molecule has 4 saturated carbocycles. The van der Waals surface area contributed by atoms with Crippen molar-refractivity contribution in [3.8, 4) is 0 Å². The summed E-state index contributed by atoms with van der Waals surface area (Å²) in [6.07, 6.45) is 10.9. The van der Waals surface area contributed by atoms with E-state index in [2.05, 4.69) is 5.32 Å². The third-order valence-electron chi connectivity index (χ3n) is 5.86. The van der Waals surface area contributed by atoms with Gasteiger partial charge in [-0.2, -0.15) is 0 Å². The van der Waals surface area contributed by atoms with Crippen molar-refractivity contribution in [2.24, 2.45) is 29.6 Å². The predicted molar refractivity (Wildman–Crippen MR) is 61.6 cm³/mol. The highest BCUT2D eigenvalue weighted by atomic mass is 15.0. The van der Waals surface area contributed by atoms with Crippen molar-refractivity contribution in [1.82, 2.24) is 5.32 Å². The van der Waals surface area contributed by atoms with Crippen LogP contribution >= 0.6 is 0 Å². The average Bonchev–Trinajstić information content (AvgIpc) is 2.69. The zero-order valence-corrected chi connectivity index (χ0v) is 9.62. The Bertz CT molecular complexity index is 226. The Hall–Kier alpha value is -0.0400. The van der Waals surface area contributed by atoms with Gasteiger partial charge in [0, 0.05) is 6.04 Å². The number of hydrogen-bond donors (Lipinski definition) is 1. The molecule has 1 unspecified atom stereocenters. The van der Waals surface area contributed by atoms with E-state index in [4.69, 9.17) is 0 Å². The Kier molecular flexibility index (Phi) is 1.94. The lowest BCUT2D eigenvalue weighted by Gasteiger charge is -2.56. The average molecular weight is 205 g/mol. The summed E-state index contributed by atoms with van der Waals surface area (Å²) in [5, 5.41) is 3.78. The fourth-order valence-electron chi connectivity index (χ4n) is 5.66. The highest BCUT2D eigenvalue weighted by molar-refractivity contribution is 5.02. The van der Waals surface area contributed by atoms with Crippen LogP contribution in [0.3, 0.4) is 0 Å². The Balaban J connectivity index is 1.59. The molecule has 5 rings (SSSR count). The van der Waals surface area contributed by atoms with Crippen LogP contribution in [0.4, 0.5) is 0 Å². The molecule has 4 aliphatic carbocycles. The Morgan fingerprint density at radius 1 is 0.800 bits per heavy atom. The lowest BCUT2D eigenvalue weighted by Crippen LogP contribution is -2.51. The molecule has 5 aliphatic rings. The van der Waals surface area contributed by atoms with Gasteiger partial charge in [-0.25, -0.2) is 0 Å². The molecular weight excluding hydrogens is 182 g/mol. The molecule has 1 N–H and O–H groups in total. The van der Waals surface area contributed by atoms with Gasteiger partial charge in [-0.05, 0) is 81.1 Å². The monoisotopic (exact) mass is 205 g/mol. The van der Waals surface area contributed by atoms with Gasteiger partial charge in [0.05, 0.1) is 0 Å². The lowest BCUT2D eigenvalue weighted by atomic mass is 9.50. The third-order valence-corrected chi connectivity index (χ3v) is 5.86. The lowest BCUT2D eigenvalue weighted by molar-refractivity contribution is -0.0492. The van der Waals surface area contributed by atoms with Gasteiger partial charge in [0.15, 0.2) is 0 Å². The van der Waals surface area contributed by atoms with E-state index in [1.165, 1.54) is 19.4 Å². The maximum Gasteiger partial charge on any atom is 0.0101 e. The summed E-state index contributed by atoms with van der Waals surface area (Å²) in [5.74, 6) is 5.62. The molecule has 1 atom stereocenters. The van der Waals surface area contributed by atoms with E-state index in [0.717, 1.165) is 35.6 Å². The first-order valence-electron chi connectivity index (χ1n) is 7.13. The second kappa shape index (κ2) is 3.23. The molecule has 0 spiro atoms. The highest BCUT2D eigenvalue weighted by Crippen LogP contribution is 2.57. The molecule has 0 amide bonds. The molecule has 1 heteroatoms. The summed E-state index contributed by atoms with van der Waals surface area (Å²) in [6, 6.07) is 0.917. The number of hydrogen-bond acceptors (Lipinski definition) is 1. The van der Waals surface area contributed by atoms with E-state index in [9.17, 15) is 0 Å². The fourth-order valence-corrected chi connectivity index (χ4v) is 5.66. The number of rotatable bonds is 1. The van der Waals surface area contributed by atoms with Gasteiger partial charge in [0.2, 0.25) is 0 Å². The minimum Gasteiger partial charge on any atom is -0.314 e. The molecule has 1 nitrogen and oxygen atoms in total. The molecule has 1 heterocycles. The molecule has 1 aliphatic heterocycles. The van der Waals surface area contributed by atoms with Crippen molar-refractivity contribution in [2.75, 3.05) is 6.54 Å². The van der Waals surface area contributed by atoms with Crippen LogP contribution in [0.1, 0.15) is 44.9 Å². The minimum atomic E-state index is 0.917. The molecular formula is C14H23N. The van der Waals surface area contributed by atoms with Gasteiger partial charge >= 0.3 is 0 Å². The molecule has 84 valence electrons. The van der Waals surface area contributed by atoms with Crippen LogP contribution < -0.4 is 5.32 Å². The second-order valence-electron chi connectivity index (χ2n) is 6.71. The van der Waals surface area contributed by atoms with Gasteiger partial charge in [-0.15, -0.1) is 0 Å². The molecule has 0 aromatic rings. The second-order valence-corrected chi connectivity index (χ2v) is 6.71. The fraction of sp³-hybridized carbons (Fsp3) is 1.00. The SMILES string of the molecule is C1CNC(C2C3CC4CC(C3)CC2C4)C1. The molecule has 0 aromatic carbocycles. The zero-order valence-electron chi connectivity index (χ0n) is 9.62. The Labute approximate surface area is 93.0 Å². The molecule has 1 saturated heterocycles. The third kappa shape index (κ3) is 1.32. The van der Waals surface area contributed by atoms with Crippen molar-refractivity contribution in [1.29, 1.82) is 0 Å². The van der Waals surface area contributed by atoms with Gasteiger partial charge < -0.3 is 5.32 Å². The maximum absolute atomic E-state index is 3.78. The normalized spacial score (nSPS) is 57.6. The van der Waals surface area contributed by atoms with Crippen LogP contribution in [0.15, 0.2) is 0 Å². The van der Waals surface area contributed by atoms with Crippen LogP contribution in [0.5, 0.6) is 0 Å². The summed E-state index contributed by atoms with van der Waals surface area (Å²) >= 11 is 0. The quantitative estimate of drug-likeness (QED) is 0.694. The first kappa shape index (κ1) is 9.04. The molecule has 4 bridgehead atoms. The van der Waals surface area contributed by atoms with Gasteiger partial charge in [0.25, 0.3) is 0 Å². The van der Waals surface area contributed by atoms with Crippen LogP contribution in [0.2, 0.25) is 0 Å². The topological polar surface area (TPSA) is 12.0 Å². The van der Waals surface area contributed by atoms with E-state index < -0.39 is 0 Å². The molecule has 0 aromatic heterocycles. The highest BCUT2D eigenvalue weighted by Gasteiger charge is 2.50. The van der Waals surface area contributed by atoms with Crippen molar-refractivity contribution in [3.05, 3.63) is 0 Å². The largest absolute Gasteiger partial charge is 0.314 e. The van der Waals surface area contributed by atoms with Gasteiger partial charge in [0.1, 0.15) is 0 Å². The van der Waals surface area contributed by atoms with Crippen molar-refractivity contribution in [3.63, 3.8) is 0 Å². The van der Waals surface area contributed by atoms with Gasteiger partial charge in [-0.1, -0.05) is 0 Å². The van der Waals surface area contributed by atoms with Crippen LogP contribution in [0, 0.1) is 29.6 Å². The summed E-state index contributed by atoms with van der Waals surface area (Å²) < 4.78 is 0. The Morgan fingerprint density at radius 2 is 1.47 bits per heavy atom. The number of nitrogens with one attached hydrogen (secondary N) is 1. The molecule has 5 fully saturated rings. The Morgan fingerprint density at radius 3 is 2.00 bits per heavy atom. The molecule has 0 radical (unpaired) electrons. The summed E-state index contributed by atoms with van der Waals surface area (Å²) in [7, 11) is 0.